The highest BCUT2D eigenvalue weighted by Gasteiger charge is 2.39. The lowest BCUT2D eigenvalue weighted by atomic mass is 10.2. The van der Waals surface area contributed by atoms with Gasteiger partial charge in [0, 0.05) is 11.8 Å². The zero-order chi connectivity index (χ0) is 8.65. The number of thioether (sulfide) groups is 1. The second-order valence-corrected chi connectivity index (χ2v) is 5.27. The number of hydrogen-bond donors (Lipinski definition) is 1. The van der Waals surface area contributed by atoms with Gasteiger partial charge in [0.1, 0.15) is 6.23 Å². The zero-order valence-corrected chi connectivity index (χ0v) is 8.48. The molecule has 1 N–H and O–H groups in total. The van der Waals surface area contributed by atoms with Crippen molar-refractivity contribution in [3.05, 3.63) is 0 Å². The zero-order valence-electron chi connectivity index (χ0n) is 7.66. The van der Waals surface area contributed by atoms with E-state index in [9.17, 15) is 5.11 Å². The summed E-state index contributed by atoms with van der Waals surface area (Å²) in [4.78, 5) is 2.26. The molecular formula is C8H17NOS. The summed E-state index contributed by atoms with van der Waals surface area (Å²) in [5, 5.41) is 9.47. The van der Waals surface area contributed by atoms with Crippen molar-refractivity contribution in [3.8, 4) is 0 Å². The summed E-state index contributed by atoms with van der Waals surface area (Å²) in [5.74, 6) is 1.12. The maximum atomic E-state index is 9.47. The fourth-order valence-electron chi connectivity index (χ4n) is 1.83. The minimum atomic E-state index is -0.324. The molecule has 1 aliphatic heterocycles. The summed E-state index contributed by atoms with van der Waals surface area (Å²) >= 11 is 1.91. The SMILES string of the molecule is CC(O)N1C(C)CSC1(C)C. The van der Waals surface area contributed by atoms with Gasteiger partial charge in [-0.05, 0) is 27.7 Å². The summed E-state index contributed by atoms with van der Waals surface area (Å²) in [7, 11) is 0. The van der Waals surface area contributed by atoms with Crippen molar-refractivity contribution in [1.82, 2.24) is 4.90 Å². The number of aliphatic hydroxyl groups excluding tert-OH is 1. The molecule has 0 spiro atoms. The highest BCUT2D eigenvalue weighted by molar-refractivity contribution is 8.00. The van der Waals surface area contributed by atoms with Crippen molar-refractivity contribution < 1.29 is 5.11 Å². The van der Waals surface area contributed by atoms with Gasteiger partial charge in [-0.25, -0.2) is 0 Å². The van der Waals surface area contributed by atoms with Crippen molar-refractivity contribution in [3.63, 3.8) is 0 Å². The van der Waals surface area contributed by atoms with Crippen LogP contribution in [-0.4, -0.2) is 32.9 Å². The van der Waals surface area contributed by atoms with Crippen LogP contribution in [-0.2, 0) is 0 Å². The Labute approximate surface area is 73.0 Å². The maximum Gasteiger partial charge on any atom is 0.105 e. The van der Waals surface area contributed by atoms with Gasteiger partial charge in [-0.15, -0.1) is 11.8 Å². The van der Waals surface area contributed by atoms with Gasteiger partial charge in [0.25, 0.3) is 0 Å². The van der Waals surface area contributed by atoms with Gasteiger partial charge in [0.15, 0.2) is 0 Å². The average Bonchev–Trinajstić information content (AvgIpc) is 2.06. The normalized spacial score (nSPS) is 34.1. The first-order valence-electron chi connectivity index (χ1n) is 4.05. The van der Waals surface area contributed by atoms with Crippen LogP contribution in [0.25, 0.3) is 0 Å². The predicted molar refractivity (Wildman–Crippen MR) is 49.5 cm³/mol. The molecule has 3 heteroatoms. The molecule has 0 saturated carbocycles. The Morgan fingerprint density at radius 2 is 2.18 bits per heavy atom. The highest BCUT2D eigenvalue weighted by atomic mass is 32.2. The summed E-state index contributed by atoms with van der Waals surface area (Å²) in [6.07, 6.45) is -0.324. The van der Waals surface area contributed by atoms with E-state index in [2.05, 4.69) is 25.7 Å². The van der Waals surface area contributed by atoms with E-state index < -0.39 is 0 Å². The molecule has 66 valence electrons. The summed E-state index contributed by atoms with van der Waals surface area (Å²) in [6.45, 7) is 8.32. The first kappa shape index (κ1) is 9.36. The molecule has 1 aliphatic rings. The average molecular weight is 175 g/mol. The van der Waals surface area contributed by atoms with Crippen LogP contribution in [0.2, 0.25) is 0 Å². The summed E-state index contributed by atoms with van der Waals surface area (Å²) in [6, 6.07) is 0.495. The van der Waals surface area contributed by atoms with E-state index in [0.29, 0.717) is 6.04 Å². The van der Waals surface area contributed by atoms with Gasteiger partial charge in [0.05, 0.1) is 4.87 Å². The van der Waals surface area contributed by atoms with Crippen LogP contribution in [0.5, 0.6) is 0 Å². The Kier molecular flexibility index (Phi) is 2.52. The molecule has 1 fully saturated rings. The summed E-state index contributed by atoms with van der Waals surface area (Å²) < 4.78 is 0. The molecule has 11 heavy (non-hydrogen) atoms. The molecule has 2 unspecified atom stereocenters. The van der Waals surface area contributed by atoms with Gasteiger partial charge in [0.2, 0.25) is 0 Å². The maximum absolute atomic E-state index is 9.47. The number of hydrogen-bond acceptors (Lipinski definition) is 3. The number of aliphatic hydroxyl groups is 1. The third kappa shape index (κ3) is 1.71. The monoisotopic (exact) mass is 175 g/mol. The van der Waals surface area contributed by atoms with Crippen LogP contribution in [0.1, 0.15) is 27.7 Å². The topological polar surface area (TPSA) is 23.5 Å². The van der Waals surface area contributed by atoms with Crippen molar-refractivity contribution in [1.29, 1.82) is 0 Å². The Morgan fingerprint density at radius 1 is 1.64 bits per heavy atom. The Hall–Kier alpha value is 0.270. The molecule has 2 atom stereocenters. The molecular weight excluding hydrogens is 158 g/mol. The Bertz CT molecular complexity index is 147. The van der Waals surface area contributed by atoms with Crippen LogP contribution in [0.3, 0.4) is 0 Å². The molecule has 0 aromatic heterocycles. The van der Waals surface area contributed by atoms with Crippen molar-refractivity contribution in [2.75, 3.05) is 5.75 Å². The molecule has 0 bridgehead atoms. The van der Waals surface area contributed by atoms with Crippen LogP contribution in [0.15, 0.2) is 0 Å². The van der Waals surface area contributed by atoms with Crippen molar-refractivity contribution >= 4 is 11.8 Å². The van der Waals surface area contributed by atoms with Gasteiger partial charge >= 0.3 is 0 Å². The van der Waals surface area contributed by atoms with E-state index in [1.807, 2.05) is 18.7 Å². The lowest BCUT2D eigenvalue weighted by Gasteiger charge is -2.35. The third-order valence-corrected chi connectivity index (χ3v) is 3.74. The minimum absolute atomic E-state index is 0.105. The lowest BCUT2D eigenvalue weighted by molar-refractivity contribution is -0.0255. The van der Waals surface area contributed by atoms with Crippen LogP contribution in [0, 0.1) is 0 Å². The molecule has 2 nitrogen and oxygen atoms in total. The van der Waals surface area contributed by atoms with Crippen LogP contribution >= 0.6 is 11.8 Å². The fraction of sp³-hybridized carbons (Fsp3) is 1.00. The van der Waals surface area contributed by atoms with E-state index in [1.165, 1.54) is 0 Å². The molecule has 0 radical (unpaired) electrons. The lowest BCUT2D eigenvalue weighted by Crippen LogP contribution is -2.46. The van der Waals surface area contributed by atoms with E-state index in [4.69, 9.17) is 0 Å². The minimum Gasteiger partial charge on any atom is -0.379 e. The second-order valence-electron chi connectivity index (χ2n) is 3.65. The van der Waals surface area contributed by atoms with Crippen molar-refractivity contribution in [2.24, 2.45) is 0 Å². The third-order valence-electron chi connectivity index (χ3n) is 2.18. The van der Waals surface area contributed by atoms with Gasteiger partial charge in [-0.3, -0.25) is 4.90 Å². The molecule has 1 heterocycles. The molecule has 0 aliphatic carbocycles. The Balaban J connectivity index is 2.72. The van der Waals surface area contributed by atoms with E-state index in [-0.39, 0.29) is 11.1 Å². The van der Waals surface area contributed by atoms with Gasteiger partial charge in [-0.1, -0.05) is 0 Å². The molecule has 0 aromatic rings. The largest absolute Gasteiger partial charge is 0.379 e. The molecule has 1 saturated heterocycles. The molecule has 0 amide bonds. The summed E-state index contributed by atoms with van der Waals surface area (Å²) in [5.41, 5.74) is 0. The van der Waals surface area contributed by atoms with E-state index >= 15 is 0 Å². The van der Waals surface area contributed by atoms with E-state index in [1.54, 1.807) is 0 Å². The molecule has 1 rings (SSSR count). The highest BCUT2D eigenvalue weighted by Crippen LogP contribution is 2.39. The van der Waals surface area contributed by atoms with Crippen LogP contribution in [0.4, 0.5) is 0 Å². The van der Waals surface area contributed by atoms with Crippen LogP contribution < -0.4 is 0 Å². The van der Waals surface area contributed by atoms with Gasteiger partial charge in [-0.2, -0.15) is 0 Å². The number of rotatable bonds is 1. The quantitative estimate of drug-likeness (QED) is 0.653. The second kappa shape index (κ2) is 2.96. The van der Waals surface area contributed by atoms with E-state index in [0.717, 1.165) is 5.75 Å². The smallest absolute Gasteiger partial charge is 0.105 e. The number of nitrogens with zero attached hydrogens (tertiary/aromatic N) is 1. The Morgan fingerprint density at radius 3 is 2.36 bits per heavy atom. The fourth-order valence-corrected chi connectivity index (χ4v) is 3.12. The first-order chi connectivity index (χ1) is 4.95. The molecule has 0 aromatic carbocycles. The first-order valence-corrected chi connectivity index (χ1v) is 5.04. The standard InChI is InChI=1S/C8H17NOS/c1-6-5-11-8(3,4)9(6)7(2)10/h6-7,10H,5H2,1-4H3. The van der Waals surface area contributed by atoms with Gasteiger partial charge < -0.3 is 5.11 Å². The predicted octanol–water partition coefficient (Wildman–Crippen LogP) is 1.50. The van der Waals surface area contributed by atoms with Crippen molar-refractivity contribution in [2.45, 2.75) is 44.8 Å².